The van der Waals surface area contributed by atoms with Crippen LogP contribution in [0.2, 0.25) is 0 Å². The van der Waals surface area contributed by atoms with Gasteiger partial charge in [-0.1, -0.05) is 19.3 Å². The van der Waals surface area contributed by atoms with Crippen molar-refractivity contribution in [1.82, 2.24) is 10.2 Å². The van der Waals surface area contributed by atoms with E-state index in [1.165, 1.54) is 24.2 Å². The fraction of sp³-hybridized carbons (Fsp3) is 0.615. The predicted molar refractivity (Wildman–Crippen MR) is 69.5 cm³/mol. The highest BCUT2D eigenvalue weighted by Gasteiger charge is 2.18. The molecule has 0 saturated heterocycles. The third-order valence-electron chi connectivity index (χ3n) is 3.21. The van der Waals surface area contributed by atoms with Crippen molar-refractivity contribution in [2.24, 2.45) is 5.92 Å². The lowest BCUT2D eigenvalue weighted by molar-refractivity contribution is -0.131. The molecule has 1 aliphatic rings. The summed E-state index contributed by atoms with van der Waals surface area (Å²) in [4.78, 5) is 34.6. The highest BCUT2D eigenvalue weighted by Crippen LogP contribution is 2.23. The van der Waals surface area contributed by atoms with Crippen LogP contribution in [0, 0.1) is 5.92 Å². The topological polar surface area (TPSA) is 86.7 Å². The molecule has 0 unspecified atom stereocenters. The molecule has 1 saturated carbocycles. The first-order valence-corrected chi connectivity index (χ1v) is 6.46. The van der Waals surface area contributed by atoms with E-state index in [1.807, 2.05) is 0 Å². The minimum Gasteiger partial charge on any atom is -0.478 e. The predicted octanol–water partition coefficient (Wildman–Crippen LogP) is 1.38. The number of aliphatic carboxylic acids is 1. The van der Waals surface area contributed by atoms with E-state index in [1.54, 1.807) is 7.05 Å². The van der Waals surface area contributed by atoms with Crippen molar-refractivity contribution in [3.63, 3.8) is 0 Å². The second kappa shape index (κ2) is 7.56. The summed E-state index contributed by atoms with van der Waals surface area (Å²) in [6.07, 6.45) is 7.40. The van der Waals surface area contributed by atoms with Crippen molar-refractivity contribution in [3.8, 4) is 0 Å². The highest BCUT2D eigenvalue weighted by molar-refractivity contribution is 6.02. The molecule has 2 N–H and O–H groups in total. The Kier molecular flexibility index (Phi) is 6.05. The standard InChI is InChI=1S/C13H20N2O4/c1-15(9-10-5-3-2-4-6-10)13(19)14-11(16)7-8-12(17)18/h7-8,10H,2-6,9H2,1H3,(H,17,18)(H,14,16,19)/b8-7+. The molecule has 0 bridgehead atoms. The maximum absolute atomic E-state index is 11.7. The number of rotatable bonds is 4. The van der Waals surface area contributed by atoms with Crippen molar-refractivity contribution in [2.45, 2.75) is 32.1 Å². The van der Waals surface area contributed by atoms with Gasteiger partial charge in [-0.05, 0) is 18.8 Å². The molecule has 106 valence electrons. The molecule has 6 nitrogen and oxygen atoms in total. The summed E-state index contributed by atoms with van der Waals surface area (Å²) >= 11 is 0. The number of nitrogens with one attached hydrogen (secondary N) is 1. The summed E-state index contributed by atoms with van der Waals surface area (Å²) in [6, 6.07) is -0.495. The monoisotopic (exact) mass is 268 g/mol. The zero-order chi connectivity index (χ0) is 14.3. The Balaban J connectivity index is 2.35. The Hall–Kier alpha value is -1.85. The zero-order valence-electron chi connectivity index (χ0n) is 11.1. The first-order chi connectivity index (χ1) is 8.99. The summed E-state index contributed by atoms with van der Waals surface area (Å²) in [5, 5.41) is 10.5. The van der Waals surface area contributed by atoms with Crippen LogP contribution in [-0.4, -0.2) is 41.5 Å². The van der Waals surface area contributed by atoms with Crippen LogP contribution in [-0.2, 0) is 9.59 Å². The number of urea groups is 1. The van der Waals surface area contributed by atoms with Gasteiger partial charge in [-0.15, -0.1) is 0 Å². The molecular formula is C13H20N2O4. The van der Waals surface area contributed by atoms with Gasteiger partial charge in [0.15, 0.2) is 0 Å². The third kappa shape index (κ3) is 6.03. The fourth-order valence-corrected chi connectivity index (χ4v) is 2.23. The fourth-order valence-electron chi connectivity index (χ4n) is 2.23. The maximum Gasteiger partial charge on any atom is 0.328 e. The minimum atomic E-state index is -1.22. The van der Waals surface area contributed by atoms with Gasteiger partial charge in [0.1, 0.15) is 0 Å². The number of carboxylic acids is 1. The normalized spacial score (nSPS) is 16.3. The Morgan fingerprint density at radius 1 is 1.21 bits per heavy atom. The molecule has 0 heterocycles. The number of carbonyl (C=O) groups excluding carboxylic acids is 2. The molecule has 0 atom stereocenters. The number of hydrogen-bond donors (Lipinski definition) is 2. The lowest BCUT2D eigenvalue weighted by atomic mass is 9.89. The molecular weight excluding hydrogens is 248 g/mol. The van der Waals surface area contributed by atoms with Crippen LogP contribution >= 0.6 is 0 Å². The summed E-state index contributed by atoms with van der Waals surface area (Å²) in [5.41, 5.74) is 0. The van der Waals surface area contributed by atoms with Gasteiger partial charge in [-0.25, -0.2) is 9.59 Å². The van der Waals surface area contributed by atoms with E-state index in [-0.39, 0.29) is 0 Å². The number of amides is 3. The van der Waals surface area contributed by atoms with Gasteiger partial charge < -0.3 is 10.0 Å². The van der Waals surface area contributed by atoms with Gasteiger partial charge in [-0.3, -0.25) is 10.1 Å². The molecule has 0 aromatic heterocycles. The highest BCUT2D eigenvalue weighted by atomic mass is 16.4. The van der Waals surface area contributed by atoms with Crippen LogP contribution in [0.5, 0.6) is 0 Å². The van der Waals surface area contributed by atoms with Gasteiger partial charge in [0.2, 0.25) is 0 Å². The van der Waals surface area contributed by atoms with Crippen molar-refractivity contribution >= 4 is 17.9 Å². The van der Waals surface area contributed by atoms with Gasteiger partial charge in [0.25, 0.3) is 5.91 Å². The van der Waals surface area contributed by atoms with Crippen LogP contribution in [0.25, 0.3) is 0 Å². The molecule has 19 heavy (non-hydrogen) atoms. The molecule has 0 spiro atoms. The maximum atomic E-state index is 11.7. The molecule has 0 aromatic carbocycles. The van der Waals surface area contributed by atoms with Crippen LogP contribution in [0.4, 0.5) is 4.79 Å². The summed E-state index contributed by atoms with van der Waals surface area (Å²) in [5.74, 6) is -1.45. The number of imide groups is 1. The molecule has 1 rings (SSSR count). The van der Waals surface area contributed by atoms with Gasteiger partial charge in [-0.2, -0.15) is 0 Å². The van der Waals surface area contributed by atoms with E-state index in [4.69, 9.17) is 5.11 Å². The van der Waals surface area contributed by atoms with E-state index >= 15 is 0 Å². The van der Waals surface area contributed by atoms with E-state index in [2.05, 4.69) is 5.32 Å². The van der Waals surface area contributed by atoms with Crippen LogP contribution in [0.15, 0.2) is 12.2 Å². The van der Waals surface area contributed by atoms with Crippen molar-refractivity contribution in [3.05, 3.63) is 12.2 Å². The minimum absolute atomic E-state index is 0.495. The second-order valence-corrected chi connectivity index (χ2v) is 4.85. The number of carbonyl (C=O) groups is 3. The zero-order valence-corrected chi connectivity index (χ0v) is 11.1. The Morgan fingerprint density at radius 3 is 2.42 bits per heavy atom. The van der Waals surface area contributed by atoms with Gasteiger partial charge >= 0.3 is 12.0 Å². The molecule has 0 aromatic rings. The smallest absolute Gasteiger partial charge is 0.328 e. The van der Waals surface area contributed by atoms with Gasteiger partial charge in [0, 0.05) is 25.7 Å². The Morgan fingerprint density at radius 2 is 1.84 bits per heavy atom. The average molecular weight is 268 g/mol. The number of nitrogens with zero attached hydrogens (tertiary/aromatic N) is 1. The SMILES string of the molecule is CN(CC1CCCCC1)C(=O)NC(=O)/C=C/C(=O)O. The molecule has 6 heteroatoms. The van der Waals surface area contributed by atoms with Crippen LogP contribution < -0.4 is 5.32 Å². The first kappa shape index (κ1) is 15.2. The van der Waals surface area contributed by atoms with E-state index in [0.717, 1.165) is 18.9 Å². The van der Waals surface area contributed by atoms with E-state index in [9.17, 15) is 14.4 Å². The van der Waals surface area contributed by atoms with Crippen LogP contribution in [0.1, 0.15) is 32.1 Å². The van der Waals surface area contributed by atoms with Crippen molar-refractivity contribution < 1.29 is 19.5 Å². The summed E-state index contributed by atoms with van der Waals surface area (Å²) in [7, 11) is 1.64. The van der Waals surface area contributed by atoms with E-state index < -0.39 is 17.9 Å². The number of carboxylic acid groups (broad SMARTS) is 1. The summed E-state index contributed by atoms with van der Waals surface area (Å²) in [6.45, 7) is 0.627. The molecule has 0 aliphatic heterocycles. The summed E-state index contributed by atoms with van der Waals surface area (Å²) < 4.78 is 0. The molecule has 1 fully saturated rings. The molecule has 1 aliphatic carbocycles. The second-order valence-electron chi connectivity index (χ2n) is 4.85. The van der Waals surface area contributed by atoms with Crippen molar-refractivity contribution in [1.29, 1.82) is 0 Å². The molecule has 0 radical (unpaired) electrons. The van der Waals surface area contributed by atoms with Gasteiger partial charge in [0.05, 0.1) is 0 Å². The number of hydrogen-bond acceptors (Lipinski definition) is 3. The quantitative estimate of drug-likeness (QED) is 0.754. The van der Waals surface area contributed by atoms with E-state index in [0.29, 0.717) is 18.5 Å². The Bertz CT molecular complexity index is 373. The Labute approximate surface area is 112 Å². The lowest BCUT2D eigenvalue weighted by Crippen LogP contribution is -2.42. The first-order valence-electron chi connectivity index (χ1n) is 6.46. The lowest BCUT2D eigenvalue weighted by Gasteiger charge is -2.26. The molecule has 3 amide bonds. The largest absolute Gasteiger partial charge is 0.478 e. The van der Waals surface area contributed by atoms with Crippen LogP contribution in [0.3, 0.4) is 0 Å². The average Bonchev–Trinajstić information content (AvgIpc) is 2.37. The van der Waals surface area contributed by atoms with Crippen molar-refractivity contribution in [2.75, 3.05) is 13.6 Å². The third-order valence-corrected chi connectivity index (χ3v) is 3.21.